The lowest BCUT2D eigenvalue weighted by molar-refractivity contribution is 0.437. The molecule has 0 bridgehead atoms. The molecule has 2 heterocycles. The molecule has 0 radical (unpaired) electrons. The van der Waals surface area contributed by atoms with Crippen molar-refractivity contribution in [2.45, 2.75) is 44.9 Å². The molecule has 0 amide bonds. The Labute approximate surface area is 240 Å². The molecule has 0 aliphatic heterocycles. The molecular weight excluding hydrogens is 496 g/mol. The van der Waals surface area contributed by atoms with Crippen LogP contribution in [0.1, 0.15) is 49.4 Å². The summed E-state index contributed by atoms with van der Waals surface area (Å²) in [5, 5.41) is 7.49. The molecule has 0 spiro atoms. The van der Waals surface area contributed by atoms with Crippen LogP contribution in [0.3, 0.4) is 0 Å². The monoisotopic (exact) mass is 528 g/mol. The summed E-state index contributed by atoms with van der Waals surface area (Å²) in [4.78, 5) is 10.3. The SMILES string of the molecule is Cc1ccc2ccc3c(-c4cccc(-c5ccc6c(ccc7ccccc76)c5)c4)cc(C4CCCCC4)nc3c2n1. The first-order valence-corrected chi connectivity index (χ1v) is 14.9. The largest absolute Gasteiger partial charge is 0.251 e. The third-order valence-electron chi connectivity index (χ3n) is 9.07. The van der Waals surface area contributed by atoms with E-state index in [-0.39, 0.29) is 0 Å². The normalized spacial score (nSPS) is 14.4. The lowest BCUT2D eigenvalue weighted by Crippen LogP contribution is -2.07. The highest BCUT2D eigenvalue weighted by Crippen LogP contribution is 2.39. The zero-order valence-corrected chi connectivity index (χ0v) is 23.4. The third kappa shape index (κ3) is 4.26. The van der Waals surface area contributed by atoms with Gasteiger partial charge in [0.05, 0.1) is 11.0 Å². The Morgan fingerprint density at radius 3 is 2.17 bits per heavy atom. The van der Waals surface area contributed by atoms with Gasteiger partial charge < -0.3 is 0 Å². The molecule has 2 aromatic heterocycles. The number of fused-ring (bicyclic) bond motifs is 6. The van der Waals surface area contributed by atoms with Crippen molar-refractivity contribution >= 4 is 43.4 Å². The van der Waals surface area contributed by atoms with Crippen LogP contribution in [0.25, 0.3) is 65.6 Å². The van der Waals surface area contributed by atoms with E-state index < -0.39 is 0 Å². The number of aromatic nitrogens is 2. The van der Waals surface area contributed by atoms with Crippen molar-refractivity contribution in [2.24, 2.45) is 0 Å². The van der Waals surface area contributed by atoms with E-state index in [2.05, 4.69) is 116 Å². The van der Waals surface area contributed by atoms with Crippen molar-refractivity contribution < 1.29 is 0 Å². The number of aryl methyl sites for hydroxylation is 1. The van der Waals surface area contributed by atoms with Crippen LogP contribution >= 0.6 is 0 Å². The molecule has 1 aliphatic carbocycles. The first kappa shape index (κ1) is 24.3. The lowest BCUT2D eigenvalue weighted by atomic mass is 9.85. The van der Waals surface area contributed by atoms with E-state index in [1.807, 2.05) is 0 Å². The van der Waals surface area contributed by atoms with E-state index in [4.69, 9.17) is 9.97 Å². The summed E-state index contributed by atoms with van der Waals surface area (Å²) in [6.45, 7) is 2.07. The summed E-state index contributed by atoms with van der Waals surface area (Å²) < 4.78 is 0. The zero-order chi connectivity index (χ0) is 27.3. The summed E-state index contributed by atoms with van der Waals surface area (Å²) in [5.74, 6) is 0.519. The van der Waals surface area contributed by atoms with E-state index in [9.17, 15) is 0 Å². The number of hydrogen-bond acceptors (Lipinski definition) is 2. The molecule has 41 heavy (non-hydrogen) atoms. The molecule has 0 unspecified atom stereocenters. The van der Waals surface area contributed by atoms with E-state index in [0.29, 0.717) is 5.92 Å². The molecule has 1 aliphatic rings. The summed E-state index contributed by atoms with van der Waals surface area (Å²) in [6.07, 6.45) is 6.37. The van der Waals surface area contributed by atoms with Gasteiger partial charge in [-0.2, -0.15) is 0 Å². The fourth-order valence-electron chi connectivity index (χ4n) is 6.89. The summed E-state index contributed by atoms with van der Waals surface area (Å²) in [7, 11) is 0. The minimum atomic E-state index is 0.519. The van der Waals surface area contributed by atoms with Gasteiger partial charge in [-0.3, -0.25) is 9.97 Å². The lowest BCUT2D eigenvalue weighted by Gasteiger charge is -2.23. The van der Waals surface area contributed by atoms with Crippen molar-refractivity contribution in [3.8, 4) is 22.3 Å². The molecule has 2 heteroatoms. The average molecular weight is 529 g/mol. The van der Waals surface area contributed by atoms with E-state index in [1.165, 1.54) is 87.0 Å². The van der Waals surface area contributed by atoms with Gasteiger partial charge in [0.1, 0.15) is 0 Å². The molecule has 8 rings (SSSR count). The maximum absolute atomic E-state index is 5.33. The predicted molar refractivity (Wildman–Crippen MR) is 173 cm³/mol. The van der Waals surface area contributed by atoms with E-state index in [1.54, 1.807) is 0 Å². The molecule has 198 valence electrons. The second kappa shape index (κ2) is 9.82. The second-order valence-corrected chi connectivity index (χ2v) is 11.7. The fourth-order valence-corrected chi connectivity index (χ4v) is 6.89. The summed E-state index contributed by atoms with van der Waals surface area (Å²) in [6, 6.07) is 40.1. The summed E-state index contributed by atoms with van der Waals surface area (Å²) >= 11 is 0. The van der Waals surface area contributed by atoms with Crippen LogP contribution in [0.4, 0.5) is 0 Å². The highest BCUT2D eigenvalue weighted by Gasteiger charge is 2.20. The highest BCUT2D eigenvalue weighted by molar-refractivity contribution is 6.10. The Bertz CT molecular complexity index is 2100. The van der Waals surface area contributed by atoms with Gasteiger partial charge >= 0.3 is 0 Å². The zero-order valence-electron chi connectivity index (χ0n) is 23.4. The minimum absolute atomic E-state index is 0.519. The molecule has 0 N–H and O–H groups in total. The van der Waals surface area contributed by atoms with Gasteiger partial charge in [-0.15, -0.1) is 0 Å². The number of nitrogens with zero attached hydrogens (tertiary/aromatic N) is 2. The third-order valence-corrected chi connectivity index (χ3v) is 9.07. The van der Waals surface area contributed by atoms with E-state index >= 15 is 0 Å². The van der Waals surface area contributed by atoms with Crippen LogP contribution in [0, 0.1) is 6.92 Å². The van der Waals surface area contributed by atoms with Crippen LogP contribution in [0.2, 0.25) is 0 Å². The molecule has 0 saturated heterocycles. The number of rotatable bonds is 3. The quantitative estimate of drug-likeness (QED) is 0.213. The van der Waals surface area contributed by atoms with Gasteiger partial charge in [0.2, 0.25) is 0 Å². The van der Waals surface area contributed by atoms with Gasteiger partial charge in [0, 0.05) is 28.1 Å². The van der Waals surface area contributed by atoms with Crippen LogP contribution in [-0.2, 0) is 0 Å². The van der Waals surface area contributed by atoms with Crippen molar-refractivity contribution in [3.05, 3.63) is 121 Å². The molecule has 5 aromatic carbocycles. The second-order valence-electron chi connectivity index (χ2n) is 11.7. The molecule has 2 nitrogen and oxygen atoms in total. The molecular formula is C39H32N2. The first-order chi connectivity index (χ1) is 20.2. The molecule has 0 atom stereocenters. The van der Waals surface area contributed by atoms with E-state index in [0.717, 1.165) is 22.1 Å². The Morgan fingerprint density at radius 1 is 0.512 bits per heavy atom. The van der Waals surface area contributed by atoms with Crippen molar-refractivity contribution in [1.29, 1.82) is 0 Å². The Balaban J connectivity index is 1.31. The van der Waals surface area contributed by atoms with Gasteiger partial charge in [-0.05, 0) is 87.8 Å². The van der Waals surface area contributed by atoms with Crippen LogP contribution in [0.5, 0.6) is 0 Å². The number of benzene rings is 5. The van der Waals surface area contributed by atoms with Gasteiger partial charge in [-0.1, -0.05) is 104 Å². The smallest absolute Gasteiger partial charge is 0.0974 e. The van der Waals surface area contributed by atoms with Crippen molar-refractivity contribution in [1.82, 2.24) is 9.97 Å². The maximum Gasteiger partial charge on any atom is 0.0974 e. The standard InChI is InChI=1S/C39H32N2/c1-25-14-15-28-18-21-35-36(24-37(27-9-3-2-4-10-27)41-39(35)38(28)40-25)31-12-7-11-29(22-31)30-19-20-34-32(23-30)17-16-26-8-5-6-13-33(26)34/h5-8,11-24,27H,2-4,9-10H2,1H3. The van der Waals surface area contributed by atoms with Crippen LogP contribution in [0.15, 0.2) is 109 Å². The average Bonchev–Trinajstić information content (AvgIpc) is 3.04. The Morgan fingerprint density at radius 2 is 1.24 bits per heavy atom. The minimum Gasteiger partial charge on any atom is -0.251 e. The molecule has 1 saturated carbocycles. The van der Waals surface area contributed by atoms with Crippen LogP contribution < -0.4 is 0 Å². The van der Waals surface area contributed by atoms with Crippen LogP contribution in [-0.4, -0.2) is 9.97 Å². The topological polar surface area (TPSA) is 25.8 Å². The maximum atomic E-state index is 5.33. The predicted octanol–water partition coefficient (Wildman–Crippen LogP) is 10.8. The molecule has 7 aromatic rings. The fraction of sp³-hybridized carbons (Fsp3) is 0.179. The first-order valence-electron chi connectivity index (χ1n) is 14.9. The number of hydrogen-bond donors (Lipinski definition) is 0. The Kier molecular flexibility index (Phi) is 5.81. The van der Waals surface area contributed by atoms with Crippen molar-refractivity contribution in [2.75, 3.05) is 0 Å². The van der Waals surface area contributed by atoms with Crippen molar-refractivity contribution in [3.63, 3.8) is 0 Å². The molecule has 1 fully saturated rings. The summed E-state index contributed by atoms with van der Waals surface area (Å²) in [5.41, 5.74) is 9.27. The highest BCUT2D eigenvalue weighted by atomic mass is 14.8. The number of pyridine rings is 2. The van der Waals surface area contributed by atoms with Gasteiger partial charge in [-0.25, -0.2) is 0 Å². The Hall–Kier alpha value is -4.56. The van der Waals surface area contributed by atoms with Gasteiger partial charge in [0.15, 0.2) is 0 Å². The van der Waals surface area contributed by atoms with Gasteiger partial charge in [0.25, 0.3) is 0 Å².